The smallest absolute Gasteiger partial charge is 0.405 e. The molecule has 220 valence electrons. The van der Waals surface area contributed by atoms with E-state index >= 15 is 0 Å². The van der Waals surface area contributed by atoms with E-state index < -0.39 is 71.9 Å². The van der Waals surface area contributed by atoms with Crippen molar-refractivity contribution in [1.29, 1.82) is 0 Å². The first-order chi connectivity index (χ1) is 18.0. The minimum Gasteiger partial charge on any atom is -0.465 e. The third-order valence-electron chi connectivity index (χ3n) is 8.16. The molecular formula is C27H42F2N4O6. The van der Waals surface area contributed by atoms with E-state index in [1.165, 1.54) is 4.90 Å². The van der Waals surface area contributed by atoms with Crippen molar-refractivity contribution in [3.8, 4) is 0 Å². The topological polar surface area (TPSA) is 145 Å². The third-order valence-corrected chi connectivity index (χ3v) is 8.16. The van der Waals surface area contributed by atoms with Gasteiger partial charge in [-0.25, -0.2) is 13.6 Å². The molecule has 12 heteroatoms. The number of carbonyl (C=O) groups excluding carboxylic acids is 4. The fraction of sp³-hybridized carbons (Fsp3) is 0.815. The average Bonchev–Trinajstić information content (AvgIpc) is 3.53. The fourth-order valence-corrected chi connectivity index (χ4v) is 5.73. The van der Waals surface area contributed by atoms with Gasteiger partial charge < -0.3 is 26.0 Å². The molecule has 0 radical (unpaired) electrons. The molecule has 1 spiro atoms. The van der Waals surface area contributed by atoms with Crippen molar-refractivity contribution in [3.63, 3.8) is 0 Å². The lowest BCUT2D eigenvalue weighted by Gasteiger charge is -2.46. The molecule has 4 amide bonds. The van der Waals surface area contributed by atoms with Gasteiger partial charge >= 0.3 is 6.09 Å². The minimum atomic E-state index is -3.11. The van der Waals surface area contributed by atoms with Gasteiger partial charge in [-0.15, -0.1) is 0 Å². The van der Waals surface area contributed by atoms with Crippen LogP contribution in [0.2, 0.25) is 0 Å². The second-order valence-electron chi connectivity index (χ2n) is 12.7. The molecule has 1 heterocycles. The predicted octanol–water partition coefficient (Wildman–Crippen LogP) is 2.99. The van der Waals surface area contributed by atoms with Crippen LogP contribution in [0.15, 0.2) is 0 Å². The lowest BCUT2D eigenvalue weighted by atomic mass is 9.73. The molecule has 10 nitrogen and oxygen atoms in total. The summed E-state index contributed by atoms with van der Waals surface area (Å²) < 4.78 is 27.4. The number of Topliss-reactive ketones (excluding diaryl/α,β-unsaturated/α-hetero) is 1. The van der Waals surface area contributed by atoms with Crippen LogP contribution in [0.25, 0.3) is 0 Å². The van der Waals surface area contributed by atoms with E-state index in [9.17, 15) is 37.9 Å². The molecule has 2 saturated carbocycles. The van der Waals surface area contributed by atoms with Gasteiger partial charge in [0.05, 0.1) is 6.04 Å². The third kappa shape index (κ3) is 8.35. The highest BCUT2D eigenvalue weighted by molar-refractivity contribution is 6.38. The van der Waals surface area contributed by atoms with E-state index in [0.717, 1.165) is 38.5 Å². The van der Waals surface area contributed by atoms with Crippen LogP contribution in [0, 0.1) is 10.8 Å². The number of alkyl halides is 2. The first-order valence-electron chi connectivity index (χ1n) is 13.8. The number of carbonyl (C=O) groups is 5. The standard InChI is InChI=1S/C27H42F2N4O6/c1-25(2,3)20(32-24(38)39)23(37)33-14-13-27(10-5-6-11-27)15-18(33)21(35)31-17(9-12-26(4,28)29)19(34)22(36)30-16-7-8-16/h16-18,20,32H,5-15H2,1-4H3,(H,30,36)(H,31,35)(H,38,39)/t17-,18?,20+/m0/s1. The number of likely N-dealkylation sites (tertiary alicyclic amines) is 1. The second-order valence-corrected chi connectivity index (χ2v) is 12.7. The zero-order valence-corrected chi connectivity index (χ0v) is 23.3. The van der Waals surface area contributed by atoms with E-state index in [4.69, 9.17) is 0 Å². The second kappa shape index (κ2) is 11.8. The number of hydrogen-bond donors (Lipinski definition) is 4. The zero-order chi connectivity index (χ0) is 29.2. The first-order valence-corrected chi connectivity index (χ1v) is 13.8. The van der Waals surface area contributed by atoms with E-state index in [2.05, 4.69) is 16.0 Å². The summed E-state index contributed by atoms with van der Waals surface area (Å²) in [7, 11) is 0. The van der Waals surface area contributed by atoms with Crippen molar-refractivity contribution < 1.29 is 37.9 Å². The van der Waals surface area contributed by atoms with Gasteiger partial charge in [0.2, 0.25) is 23.5 Å². The van der Waals surface area contributed by atoms with Gasteiger partial charge in [-0.1, -0.05) is 33.6 Å². The number of piperidine rings is 1. The SMILES string of the molecule is CC(F)(F)CC[C@H](NC(=O)C1CC2(CCCC2)CCN1C(=O)[C@@H](NC(=O)O)C(C)(C)C)C(=O)C(=O)NC1CC1. The Kier molecular flexibility index (Phi) is 9.27. The van der Waals surface area contributed by atoms with E-state index in [-0.39, 0.29) is 18.0 Å². The van der Waals surface area contributed by atoms with E-state index in [1.54, 1.807) is 20.8 Å². The highest BCUT2D eigenvalue weighted by atomic mass is 19.3. The number of rotatable bonds is 10. The van der Waals surface area contributed by atoms with Gasteiger partial charge in [0.1, 0.15) is 12.1 Å². The molecule has 3 atom stereocenters. The molecule has 0 aromatic heterocycles. The van der Waals surface area contributed by atoms with Gasteiger partial charge in [-0.05, 0) is 62.7 Å². The average molecular weight is 557 g/mol. The molecule has 3 fully saturated rings. The van der Waals surface area contributed by atoms with Crippen molar-refractivity contribution in [3.05, 3.63) is 0 Å². The Morgan fingerprint density at radius 2 is 1.62 bits per heavy atom. The summed E-state index contributed by atoms with van der Waals surface area (Å²) in [4.78, 5) is 65.7. The van der Waals surface area contributed by atoms with Gasteiger partial charge in [0.15, 0.2) is 0 Å². The zero-order valence-electron chi connectivity index (χ0n) is 23.3. The molecule has 4 N–H and O–H groups in total. The summed E-state index contributed by atoms with van der Waals surface area (Å²) >= 11 is 0. The Labute approximate surface area is 228 Å². The normalized spacial score (nSPS) is 22.6. The van der Waals surface area contributed by atoms with Gasteiger partial charge in [-0.2, -0.15) is 0 Å². The maximum atomic E-state index is 13.7. The highest BCUT2D eigenvalue weighted by Crippen LogP contribution is 2.48. The molecule has 0 aromatic rings. The summed E-state index contributed by atoms with van der Waals surface area (Å²) in [5.41, 5.74) is -0.972. The molecule has 1 unspecified atom stereocenters. The Hall–Kier alpha value is -2.79. The molecule has 1 saturated heterocycles. The fourth-order valence-electron chi connectivity index (χ4n) is 5.73. The Bertz CT molecular complexity index is 966. The number of halogens is 2. The lowest BCUT2D eigenvalue weighted by molar-refractivity contribution is -0.150. The van der Waals surface area contributed by atoms with Crippen LogP contribution in [-0.2, 0) is 19.2 Å². The van der Waals surface area contributed by atoms with Crippen LogP contribution >= 0.6 is 0 Å². The number of ketones is 1. The van der Waals surface area contributed by atoms with Gasteiger partial charge in [0.25, 0.3) is 5.91 Å². The molecule has 3 rings (SSSR count). The lowest BCUT2D eigenvalue weighted by Crippen LogP contribution is -2.63. The summed E-state index contributed by atoms with van der Waals surface area (Å²) in [6.45, 7) is 6.05. The number of carboxylic acid groups (broad SMARTS) is 1. The summed E-state index contributed by atoms with van der Waals surface area (Å²) in [6.07, 6.45) is 3.62. The van der Waals surface area contributed by atoms with Crippen LogP contribution in [0.4, 0.5) is 13.6 Å². The van der Waals surface area contributed by atoms with E-state index in [0.29, 0.717) is 19.8 Å². The molecular weight excluding hydrogens is 514 g/mol. The van der Waals surface area contributed by atoms with Gasteiger partial charge in [-0.3, -0.25) is 19.2 Å². The molecule has 2 aliphatic carbocycles. The van der Waals surface area contributed by atoms with Crippen LogP contribution in [0.3, 0.4) is 0 Å². The molecule has 0 bridgehead atoms. The monoisotopic (exact) mass is 556 g/mol. The number of amides is 4. The minimum absolute atomic E-state index is 0.129. The van der Waals surface area contributed by atoms with Gasteiger partial charge in [0, 0.05) is 19.0 Å². The van der Waals surface area contributed by atoms with E-state index in [1.807, 2.05) is 0 Å². The van der Waals surface area contributed by atoms with Crippen LogP contribution in [0.5, 0.6) is 0 Å². The van der Waals surface area contributed by atoms with Crippen molar-refractivity contribution in [2.45, 2.75) is 122 Å². The number of nitrogens with one attached hydrogen (secondary N) is 3. The van der Waals surface area contributed by atoms with Crippen LogP contribution in [-0.4, -0.2) is 76.2 Å². The molecule has 3 aliphatic rings. The predicted molar refractivity (Wildman–Crippen MR) is 138 cm³/mol. The molecule has 1 aliphatic heterocycles. The van der Waals surface area contributed by atoms with Crippen molar-refractivity contribution >= 4 is 29.6 Å². The summed E-state index contributed by atoms with van der Waals surface area (Å²) in [5.74, 6) is -6.30. The maximum absolute atomic E-state index is 13.7. The Balaban J connectivity index is 1.86. The summed E-state index contributed by atoms with van der Waals surface area (Å²) in [6, 6.07) is -3.77. The van der Waals surface area contributed by atoms with Crippen LogP contribution in [0.1, 0.15) is 91.9 Å². The molecule has 0 aromatic carbocycles. The largest absolute Gasteiger partial charge is 0.465 e. The summed E-state index contributed by atoms with van der Waals surface area (Å²) in [5, 5.41) is 16.7. The Morgan fingerprint density at radius 1 is 1.00 bits per heavy atom. The maximum Gasteiger partial charge on any atom is 0.405 e. The van der Waals surface area contributed by atoms with Crippen molar-refractivity contribution in [1.82, 2.24) is 20.9 Å². The highest BCUT2D eigenvalue weighted by Gasteiger charge is 2.49. The van der Waals surface area contributed by atoms with Crippen LogP contribution < -0.4 is 16.0 Å². The van der Waals surface area contributed by atoms with Crippen molar-refractivity contribution in [2.75, 3.05) is 6.54 Å². The quantitative estimate of drug-likeness (QED) is 0.305. The van der Waals surface area contributed by atoms with Crippen molar-refractivity contribution in [2.24, 2.45) is 10.8 Å². The Morgan fingerprint density at radius 3 is 2.13 bits per heavy atom. The first kappa shape index (κ1) is 30.7. The molecule has 39 heavy (non-hydrogen) atoms. The number of hydrogen-bond acceptors (Lipinski definition) is 5. The number of nitrogens with zero attached hydrogens (tertiary/aromatic N) is 1.